The lowest BCUT2D eigenvalue weighted by molar-refractivity contribution is 0.0652. The number of H-pyrrole nitrogens is 1. The van der Waals surface area contributed by atoms with Crippen LogP contribution in [-0.2, 0) is 11.8 Å². The number of halogens is 1. The number of amides is 1. The van der Waals surface area contributed by atoms with E-state index < -0.39 is 5.82 Å². The Morgan fingerprint density at radius 1 is 1.18 bits per heavy atom. The molecule has 2 saturated heterocycles. The maximum Gasteiger partial charge on any atom is 0.289 e. The molecule has 3 aromatic heterocycles. The van der Waals surface area contributed by atoms with E-state index in [1.165, 1.54) is 0 Å². The Labute approximate surface area is 191 Å². The highest BCUT2D eigenvalue weighted by atomic mass is 19.1. The summed E-state index contributed by atoms with van der Waals surface area (Å²) < 4.78 is 22.9. The third kappa shape index (κ3) is 4.06. The Balaban J connectivity index is 1.54. The highest BCUT2D eigenvalue weighted by molar-refractivity contribution is 5.97. The number of morpholine rings is 1. The molecule has 5 heterocycles. The Morgan fingerprint density at radius 3 is 2.55 bits per heavy atom. The molecule has 5 rings (SSSR count). The smallest absolute Gasteiger partial charge is 0.289 e. The van der Waals surface area contributed by atoms with Gasteiger partial charge in [-0.2, -0.15) is 5.10 Å². The van der Waals surface area contributed by atoms with E-state index in [0.717, 1.165) is 12.8 Å². The van der Waals surface area contributed by atoms with Gasteiger partial charge in [0, 0.05) is 51.0 Å². The minimum Gasteiger partial charge on any atom is -0.378 e. The lowest BCUT2D eigenvalue weighted by Crippen LogP contribution is -2.44. The molecule has 11 heteroatoms. The molecule has 10 nitrogen and oxygen atoms in total. The maximum absolute atomic E-state index is 15.8. The van der Waals surface area contributed by atoms with Crippen molar-refractivity contribution in [2.45, 2.75) is 18.9 Å². The molecule has 2 aliphatic rings. The average molecular weight is 457 g/mol. The standard InChI is InChI=1S/C22H29FN8O2/c1-28(2)15-4-6-31(7-5-15)22(32)21-26-18-19(30-8-10-33-11-9-30)16(23)17(25-20(18)27-21)14-12-24-29(3)13-14/h12-13,15H,4-11H2,1-3H3,(H,25,26,27). The van der Waals surface area contributed by atoms with Gasteiger partial charge < -0.3 is 24.4 Å². The van der Waals surface area contributed by atoms with Crippen molar-refractivity contribution in [3.05, 3.63) is 24.0 Å². The number of rotatable bonds is 4. The third-order valence-corrected chi connectivity index (χ3v) is 6.55. The number of carbonyl (C=O) groups excluding carboxylic acids is 1. The average Bonchev–Trinajstić information content (AvgIpc) is 3.45. The Bertz CT molecular complexity index is 1160. The number of nitrogens with one attached hydrogen (secondary N) is 1. The van der Waals surface area contributed by atoms with Crippen LogP contribution in [0.2, 0.25) is 0 Å². The molecule has 0 atom stereocenters. The van der Waals surface area contributed by atoms with Crippen LogP contribution in [0.5, 0.6) is 0 Å². The first-order chi connectivity index (χ1) is 15.9. The number of hydrogen-bond donors (Lipinski definition) is 1. The molecule has 2 aliphatic heterocycles. The monoisotopic (exact) mass is 456 g/mol. The SMILES string of the molecule is CN(C)C1CCN(C(=O)c2nc3nc(-c4cnn(C)c4)c(F)c(N4CCOCC4)c3[nH]2)CC1. The second kappa shape index (κ2) is 8.71. The van der Waals surface area contributed by atoms with Crippen molar-refractivity contribution >= 4 is 22.8 Å². The van der Waals surface area contributed by atoms with E-state index in [9.17, 15) is 4.79 Å². The molecule has 0 radical (unpaired) electrons. The fourth-order valence-electron chi connectivity index (χ4n) is 4.64. The van der Waals surface area contributed by atoms with Crippen LogP contribution >= 0.6 is 0 Å². The number of aromatic nitrogens is 5. The lowest BCUT2D eigenvalue weighted by Gasteiger charge is -2.34. The number of likely N-dealkylation sites (tertiary alicyclic amines) is 1. The van der Waals surface area contributed by atoms with Crippen LogP contribution in [0, 0.1) is 5.82 Å². The Morgan fingerprint density at radius 2 is 1.91 bits per heavy atom. The molecular weight excluding hydrogens is 427 g/mol. The van der Waals surface area contributed by atoms with Gasteiger partial charge in [0.25, 0.3) is 5.91 Å². The van der Waals surface area contributed by atoms with Gasteiger partial charge in [0.15, 0.2) is 17.3 Å². The molecule has 0 unspecified atom stereocenters. The summed E-state index contributed by atoms with van der Waals surface area (Å²) in [5.41, 5.74) is 1.87. The topological polar surface area (TPSA) is 95.4 Å². The highest BCUT2D eigenvalue weighted by Gasteiger charge is 2.29. The van der Waals surface area contributed by atoms with Gasteiger partial charge in [0.2, 0.25) is 0 Å². The quantitative estimate of drug-likeness (QED) is 0.636. The zero-order valence-corrected chi connectivity index (χ0v) is 19.2. The molecule has 176 valence electrons. The summed E-state index contributed by atoms with van der Waals surface area (Å²) in [7, 11) is 5.90. The summed E-state index contributed by atoms with van der Waals surface area (Å²) >= 11 is 0. The summed E-state index contributed by atoms with van der Waals surface area (Å²) in [5, 5.41) is 4.15. The first kappa shape index (κ1) is 21.8. The molecule has 2 fully saturated rings. The molecular formula is C22H29FN8O2. The number of fused-ring (bicyclic) bond motifs is 1. The van der Waals surface area contributed by atoms with E-state index in [1.807, 2.05) is 9.80 Å². The van der Waals surface area contributed by atoms with Crippen LogP contribution in [0.4, 0.5) is 10.1 Å². The Hall–Kier alpha value is -3.05. The van der Waals surface area contributed by atoms with Crippen molar-refractivity contribution in [2.75, 3.05) is 58.4 Å². The van der Waals surface area contributed by atoms with E-state index in [4.69, 9.17) is 4.74 Å². The molecule has 0 aromatic carbocycles. The van der Waals surface area contributed by atoms with Crippen LogP contribution < -0.4 is 4.90 Å². The fraction of sp³-hybridized carbons (Fsp3) is 0.545. The van der Waals surface area contributed by atoms with Gasteiger partial charge in [-0.15, -0.1) is 0 Å². The third-order valence-electron chi connectivity index (χ3n) is 6.55. The number of pyridine rings is 1. The van der Waals surface area contributed by atoms with Gasteiger partial charge in [0.1, 0.15) is 16.9 Å². The number of carbonyl (C=O) groups is 1. The van der Waals surface area contributed by atoms with E-state index in [0.29, 0.717) is 67.8 Å². The minimum atomic E-state index is -0.452. The van der Waals surface area contributed by atoms with Gasteiger partial charge in [-0.1, -0.05) is 0 Å². The van der Waals surface area contributed by atoms with E-state index in [1.54, 1.807) is 24.1 Å². The molecule has 3 aromatic rings. The number of ether oxygens (including phenoxy) is 1. The largest absolute Gasteiger partial charge is 0.378 e. The van der Waals surface area contributed by atoms with Crippen molar-refractivity contribution in [1.29, 1.82) is 0 Å². The molecule has 0 aliphatic carbocycles. The number of nitrogens with zero attached hydrogens (tertiary/aromatic N) is 7. The lowest BCUT2D eigenvalue weighted by atomic mass is 10.0. The fourth-order valence-corrected chi connectivity index (χ4v) is 4.64. The van der Waals surface area contributed by atoms with Crippen LogP contribution in [0.15, 0.2) is 12.4 Å². The molecule has 33 heavy (non-hydrogen) atoms. The summed E-state index contributed by atoms with van der Waals surface area (Å²) in [4.78, 5) is 31.3. The van der Waals surface area contributed by atoms with E-state index in [2.05, 4.69) is 39.0 Å². The van der Waals surface area contributed by atoms with Crippen molar-refractivity contribution in [2.24, 2.45) is 7.05 Å². The summed E-state index contributed by atoms with van der Waals surface area (Å²) in [6.45, 7) is 3.43. The second-order valence-corrected chi connectivity index (χ2v) is 8.90. The number of aryl methyl sites for hydroxylation is 1. The van der Waals surface area contributed by atoms with Crippen molar-refractivity contribution in [3.63, 3.8) is 0 Å². The molecule has 0 saturated carbocycles. The van der Waals surface area contributed by atoms with Crippen LogP contribution in [-0.4, -0.2) is 100.0 Å². The van der Waals surface area contributed by atoms with Gasteiger partial charge >= 0.3 is 0 Å². The number of hydrogen-bond acceptors (Lipinski definition) is 7. The predicted molar refractivity (Wildman–Crippen MR) is 122 cm³/mol. The van der Waals surface area contributed by atoms with Crippen molar-refractivity contribution in [1.82, 2.24) is 34.5 Å². The Kier molecular flexibility index (Phi) is 5.75. The van der Waals surface area contributed by atoms with Gasteiger partial charge in [-0.25, -0.2) is 14.4 Å². The van der Waals surface area contributed by atoms with Crippen molar-refractivity contribution < 1.29 is 13.9 Å². The number of aromatic amines is 1. The van der Waals surface area contributed by atoms with Crippen LogP contribution in [0.3, 0.4) is 0 Å². The van der Waals surface area contributed by atoms with Gasteiger partial charge in [0.05, 0.1) is 19.4 Å². The van der Waals surface area contributed by atoms with Crippen LogP contribution in [0.25, 0.3) is 22.4 Å². The minimum absolute atomic E-state index is 0.175. The van der Waals surface area contributed by atoms with E-state index in [-0.39, 0.29) is 17.4 Å². The first-order valence-electron chi connectivity index (χ1n) is 11.3. The highest BCUT2D eigenvalue weighted by Crippen LogP contribution is 2.34. The molecule has 0 spiro atoms. The van der Waals surface area contributed by atoms with E-state index >= 15 is 4.39 Å². The zero-order chi connectivity index (χ0) is 23.1. The van der Waals surface area contributed by atoms with Crippen molar-refractivity contribution in [3.8, 4) is 11.3 Å². The summed E-state index contributed by atoms with van der Waals surface area (Å²) in [6.07, 6.45) is 5.12. The molecule has 1 amide bonds. The van der Waals surface area contributed by atoms with Gasteiger partial charge in [-0.3, -0.25) is 9.48 Å². The number of anilines is 1. The maximum atomic E-state index is 15.8. The van der Waals surface area contributed by atoms with Gasteiger partial charge in [-0.05, 0) is 26.9 Å². The van der Waals surface area contributed by atoms with Crippen LogP contribution in [0.1, 0.15) is 23.5 Å². The second-order valence-electron chi connectivity index (χ2n) is 8.90. The first-order valence-corrected chi connectivity index (χ1v) is 11.3. The summed E-state index contributed by atoms with van der Waals surface area (Å²) in [6, 6.07) is 0.468. The molecule has 1 N–H and O–H groups in total. The molecule has 0 bridgehead atoms. The predicted octanol–water partition coefficient (Wildman–Crippen LogP) is 1.50. The normalized spacial score (nSPS) is 18.0. The number of imidazole rings is 1. The summed E-state index contributed by atoms with van der Waals surface area (Å²) in [5.74, 6) is -0.439. The number of piperidine rings is 1. The zero-order valence-electron chi connectivity index (χ0n) is 19.2.